The third kappa shape index (κ3) is 3.96. The van der Waals surface area contributed by atoms with Crippen molar-refractivity contribution < 1.29 is 8.42 Å². The number of rotatable bonds is 5. The fourth-order valence-corrected chi connectivity index (χ4v) is 6.46. The summed E-state index contributed by atoms with van der Waals surface area (Å²) in [6, 6.07) is 20.1. The van der Waals surface area contributed by atoms with Gasteiger partial charge in [0.25, 0.3) is 10.0 Å². The van der Waals surface area contributed by atoms with Crippen LogP contribution in [0.4, 0.5) is 17.1 Å². The fraction of sp³-hybridized carbons (Fsp3) is 0.286. The van der Waals surface area contributed by atoms with Gasteiger partial charge in [-0.15, -0.1) is 0 Å². The summed E-state index contributed by atoms with van der Waals surface area (Å²) < 4.78 is 29.4. The maximum absolute atomic E-state index is 13.3. The van der Waals surface area contributed by atoms with E-state index in [1.807, 2.05) is 58.3 Å². The molecule has 3 aromatic carbocycles. The minimum Gasteiger partial charge on any atom is -0.378 e. The Morgan fingerprint density at radius 2 is 1.68 bits per heavy atom. The Labute approximate surface area is 202 Å². The maximum Gasteiger partial charge on any atom is 0.261 e. The molecule has 6 heteroatoms. The normalized spacial score (nSPS) is 20.9. The highest BCUT2D eigenvalue weighted by Gasteiger charge is 2.38. The molecular formula is C28H31N3O2S. The van der Waals surface area contributed by atoms with Crippen LogP contribution < -0.4 is 14.9 Å². The Morgan fingerprint density at radius 3 is 2.35 bits per heavy atom. The van der Waals surface area contributed by atoms with Gasteiger partial charge in [-0.05, 0) is 78.8 Å². The lowest BCUT2D eigenvalue weighted by Crippen LogP contribution is -2.29. The van der Waals surface area contributed by atoms with Crippen molar-refractivity contribution in [1.82, 2.24) is 0 Å². The van der Waals surface area contributed by atoms with Crippen LogP contribution in [0.3, 0.4) is 0 Å². The zero-order valence-corrected chi connectivity index (χ0v) is 20.9. The lowest BCUT2D eigenvalue weighted by Gasteiger charge is -2.38. The van der Waals surface area contributed by atoms with Crippen LogP contribution >= 0.6 is 0 Å². The Morgan fingerprint density at radius 1 is 0.971 bits per heavy atom. The molecule has 0 amide bonds. The van der Waals surface area contributed by atoms with Gasteiger partial charge in [-0.25, -0.2) is 8.42 Å². The average molecular weight is 474 g/mol. The molecule has 0 saturated carbocycles. The van der Waals surface area contributed by atoms with Gasteiger partial charge in [-0.3, -0.25) is 4.72 Å². The summed E-state index contributed by atoms with van der Waals surface area (Å²) in [5.41, 5.74) is 6.94. The lowest BCUT2D eigenvalue weighted by atomic mass is 9.77. The van der Waals surface area contributed by atoms with Crippen LogP contribution in [0.1, 0.15) is 40.6 Å². The zero-order valence-electron chi connectivity index (χ0n) is 20.0. The van der Waals surface area contributed by atoms with Gasteiger partial charge < -0.3 is 10.2 Å². The van der Waals surface area contributed by atoms with Gasteiger partial charge in [-0.1, -0.05) is 42.5 Å². The second kappa shape index (κ2) is 8.51. The van der Waals surface area contributed by atoms with Crippen molar-refractivity contribution in [3.8, 4) is 0 Å². The highest BCUT2D eigenvalue weighted by atomic mass is 32.2. The molecule has 176 valence electrons. The van der Waals surface area contributed by atoms with E-state index < -0.39 is 10.0 Å². The highest BCUT2D eigenvalue weighted by Crippen LogP contribution is 2.50. The predicted molar refractivity (Wildman–Crippen MR) is 140 cm³/mol. The molecule has 5 nitrogen and oxygen atoms in total. The second-order valence-electron chi connectivity index (χ2n) is 9.58. The van der Waals surface area contributed by atoms with Crippen molar-refractivity contribution in [3.63, 3.8) is 0 Å². The Hall–Kier alpha value is -3.25. The standard InChI is InChI=1S/C28H31N3O2S/c1-18-7-5-8-19(2)27(18)30-34(32,33)22-15-16-26-25(17-22)23-9-6-10-24(23)28(29-26)20-11-13-21(14-12-20)31(3)4/h5-9,11-17,23-24,28-30H,10H2,1-4H3. The van der Waals surface area contributed by atoms with Crippen LogP contribution in [0.5, 0.6) is 0 Å². The van der Waals surface area contributed by atoms with Crippen LogP contribution in [0.2, 0.25) is 0 Å². The summed E-state index contributed by atoms with van der Waals surface area (Å²) in [6.07, 6.45) is 5.43. The van der Waals surface area contributed by atoms with Gasteiger partial charge in [-0.2, -0.15) is 0 Å². The molecule has 1 aliphatic carbocycles. The molecule has 1 aliphatic heterocycles. The number of sulfonamides is 1. The zero-order chi connectivity index (χ0) is 24.0. The van der Waals surface area contributed by atoms with Crippen molar-refractivity contribution in [2.75, 3.05) is 29.0 Å². The van der Waals surface area contributed by atoms with Gasteiger partial charge >= 0.3 is 0 Å². The van der Waals surface area contributed by atoms with Gasteiger partial charge in [0.1, 0.15) is 0 Å². The molecule has 0 bridgehead atoms. The molecule has 34 heavy (non-hydrogen) atoms. The quantitative estimate of drug-likeness (QED) is 0.447. The van der Waals surface area contributed by atoms with Crippen LogP contribution in [-0.2, 0) is 10.0 Å². The van der Waals surface area contributed by atoms with Crippen molar-refractivity contribution in [2.45, 2.75) is 37.1 Å². The van der Waals surface area contributed by atoms with E-state index in [0.717, 1.165) is 28.8 Å². The first-order chi connectivity index (χ1) is 16.2. The summed E-state index contributed by atoms with van der Waals surface area (Å²) in [6.45, 7) is 3.83. The predicted octanol–water partition coefficient (Wildman–Crippen LogP) is 6.00. The van der Waals surface area contributed by atoms with Gasteiger partial charge in [0.05, 0.1) is 16.6 Å². The third-order valence-electron chi connectivity index (χ3n) is 7.13. The van der Waals surface area contributed by atoms with E-state index in [4.69, 9.17) is 0 Å². The summed E-state index contributed by atoms with van der Waals surface area (Å²) in [7, 11) is 0.382. The summed E-state index contributed by atoms with van der Waals surface area (Å²) in [5.74, 6) is 0.535. The molecule has 5 rings (SSSR count). The minimum absolute atomic E-state index is 0.180. The molecule has 3 aromatic rings. The van der Waals surface area contributed by atoms with Gasteiger partial charge in [0.15, 0.2) is 0 Å². The van der Waals surface area contributed by atoms with Crippen molar-refractivity contribution >= 4 is 27.1 Å². The highest BCUT2D eigenvalue weighted by molar-refractivity contribution is 7.92. The largest absolute Gasteiger partial charge is 0.378 e. The number of fused-ring (bicyclic) bond motifs is 3. The average Bonchev–Trinajstić information content (AvgIpc) is 3.31. The first-order valence-corrected chi connectivity index (χ1v) is 13.2. The van der Waals surface area contributed by atoms with Crippen LogP contribution in [0.15, 0.2) is 77.7 Å². The minimum atomic E-state index is -3.71. The van der Waals surface area contributed by atoms with E-state index in [1.165, 1.54) is 11.3 Å². The van der Waals surface area contributed by atoms with Crippen LogP contribution in [-0.4, -0.2) is 22.5 Å². The molecule has 0 saturated heterocycles. The van der Waals surface area contributed by atoms with E-state index in [1.54, 1.807) is 6.07 Å². The number of nitrogens with one attached hydrogen (secondary N) is 2. The third-order valence-corrected chi connectivity index (χ3v) is 8.48. The van der Waals surface area contributed by atoms with E-state index in [2.05, 4.69) is 51.4 Å². The fourth-order valence-electron chi connectivity index (χ4n) is 5.22. The van der Waals surface area contributed by atoms with Crippen LogP contribution in [0.25, 0.3) is 0 Å². The monoisotopic (exact) mass is 473 g/mol. The van der Waals surface area contributed by atoms with E-state index in [-0.39, 0.29) is 12.0 Å². The first-order valence-electron chi connectivity index (χ1n) is 11.7. The molecule has 0 fully saturated rings. The molecule has 0 aromatic heterocycles. The Balaban J connectivity index is 1.48. The number of hydrogen-bond donors (Lipinski definition) is 2. The molecular weight excluding hydrogens is 442 g/mol. The van der Waals surface area contributed by atoms with Crippen molar-refractivity contribution in [1.29, 1.82) is 0 Å². The Bertz CT molecular complexity index is 1340. The van der Waals surface area contributed by atoms with E-state index in [9.17, 15) is 8.42 Å². The number of para-hydroxylation sites is 1. The second-order valence-corrected chi connectivity index (χ2v) is 11.3. The topological polar surface area (TPSA) is 61.4 Å². The molecule has 2 N–H and O–H groups in total. The Kier molecular flexibility index (Phi) is 5.64. The molecule has 0 radical (unpaired) electrons. The molecule has 3 unspecified atom stereocenters. The molecule has 3 atom stereocenters. The van der Waals surface area contributed by atoms with Crippen molar-refractivity contribution in [3.05, 3.63) is 95.1 Å². The lowest BCUT2D eigenvalue weighted by molar-refractivity contribution is 0.425. The smallest absolute Gasteiger partial charge is 0.261 e. The number of allylic oxidation sites excluding steroid dienone is 2. The van der Waals surface area contributed by atoms with Gasteiger partial charge in [0.2, 0.25) is 0 Å². The number of aryl methyl sites for hydroxylation is 2. The maximum atomic E-state index is 13.3. The summed E-state index contributed by atoms with van der Waals surface area (Å²) in [4.78, 5) is 2.39. The van der Waals surface area contributed by atoms with Crippen LogP contribution in [0, 0.1) is 19.8 Å². The number of hydrogen-bond acceptors (Lipinski definition) is 4. The first kappa shape index (κ1) is 22.5. The molecule has 1 heterocycles. The summed E-state index contributed by atoms with van der Waals surface area (Å²) >= 11 is 0. The number of nitrogens with zero attached hydrogens (tertiary/aromatic N) is 1. The molecule has 2 aliphatic rings. The number of benzene rings is 3. The van der Waals surface area contributed by atoms with Gasteiger partial charge in [0, 0.05) is 31.4 Å². The number of anilines is 3. The SMILES string of the molecule is Cc1cccc(C)c1NS(=O)(=O)c1ccc2c(c1)C1C=CCC1C(c1ccc(N(C)C)cc1)N2. The van der Waals surface area contributed by atoms with Crippen molar-refractivity contribution in [2.24, 2.45) is 5.92 Å². The summed E-state index contributed by atoms with van der Waals surface area (Å²) in [5, 5.41) is 3.71. The van der Waals surface area contributed by atoms with E-state index in [0.29, 0.717) is 16.5 Å². The van der Waals surface area contributed by atoms with E-state index >= 15 is 0 Å². The molecule has 0 spiro atoms.